The Bertz CT molecular complexity index is 983. The standard InChI is InChI=1S/C24H25BrN2O2S/c25-17-3-4-19-18(9-17)22(20-2-1-5-30-20)27(13-21(28)26-19)23(29)24-10-14-6-15(11-24)8-16(7-14)12-24/h1-5,9,14-16,22H,6-8,10-13H2,(H,26,28). The second-order valence-corrected chi connectivity index (χ2v) is 11.7. The largest absolute Gasteiger partial charge is 0.324 e. The van der Waals surface area contributed by atoms with Gasteiger partial charge in [-0.1, -0.05) is 22.0 Å². The summed E-state index contributed by atoms with van der Waals surface area (Å²) < 4.78 is 0.959. The van der Waals surface area contributed by atoms with Crippen molar-refractivity contribution < 1.29 is 9.59 Å². The molecule has 0 radical (unpaired) electrons. The summed E-state index contributed by atoms with van der Waals surface area (Å²) in [5.74, 6) is 2.20. The lowest BCUT2D eigenvalue weighted by molar-refractivity contribution is -0.160. The van der Waals surface area contributed by atoms with E-state index in [0.29, 0.717) is 17.8 Å². The van der Waals surface area contributed by atoms with Gasteiger partial charge in [0, 0.05) is 20.6 Å². The number of thiophene rings is 1. The quantitative estimate of drug-likeness (QED) is 0.603. The second-order valence-electron chi connectivity index (χ2n) is 9.83. The number of fused-ring (bicyclic) bond motifs is 1. The van der Waals surface area contributed by atoms with E-state index in [2.05, 4.69) is 38.8 Å². The maximum absolute atomic E-state index is 14.3. The molecule has 2 amide bonds. The predicted octanol–water partition coefficient (Wildman–Crippen LogP) is 5.60. The Morgan fingerprint density at radius 1 is 1.10 bits per heavy atom. The van der Waals surface area contributed by atoms with Crippen LogP contribution in [0, 0.1) is 23.2 Å². The van der Waals surface area contributed by atoms with Gasteiger partial charge in [0.2, 0.25) is 11.8 Å². The molecular formula is C24H25BrN2O2S. The van der Waals surface area contributed by atoms with Crippen LogP contribution in [0.1, 0.15) is 55.0 Å². The Labute approximate surface area is 189 Å². The molecule has 4 saturated carbocycles. The van der Waals surface area contributed by atoms with Crippen LogP contribution in [0.15, 0.2) is 40.2 Å². The zero-order chi connectivity index (χ0) is 20.5. The topological polar surface area (TPSA) is 49.4 Å². The molecule has 1 unspecified atom stereocenters. The molecule has 30 heavy (non-hydrogen) atoms. The van der Waals surface area contributed by atoms with Crippen LogP contribution in [0.25, 0.3) is 0 Å². The number of carbonyl (C=O) groups excluding carboxylic acids is 2. The highest BCUT2D eigenvalue weighted by Crippen LogP contribution is 2.61. The highest BCUT2D eigenvalue weighted by molar-refractivity contribution is 9.10. The van der Waals surface area contributed by atoms with Gasteiger partial charge in [0.25, 0.3) is 0 Å². The first kappa shape index (κ1) is 19.1. The van der Waals surface area contributed by atoms with Crippen LogP contribution in [0.5, 0.6) is 0 Å². The molecule has 4 fully saturated rings. The van der Waals surface area contributed by atoms with E-state index in [4.69, 9.17) is 0 Å². The lowest BCUT2D eigenvalue weighted by Crippen LogP contribution is -2.55. The van der Waals surface area contributed by atoms with E-state index in [1.807, 2.05) is 23.1 Å². The minimum absolute atomic E-state index is 0.101. The van der Waals surface area contributed by atoms with Gasteiger partial charge in [0.1, 0.15) is 6.54 Å². The average Bonchev–Trinajstić information content (AvgIpc) is 3.17. The van der Waals surface area contributed by atoms with Crippen LogP contribution in [0.3, 0.4) is 0 Å². The van der Waals surface area contributed by atoms with Crippen molar-refractivity contribution in [2.75, 3.05) is 11.9 Å². The van der Waals surface area contributed by atoms with Crippen molar-refractivity contribution in [3.63, 3.8) is 0 Å². The number of halogens is 1. The number of anilines is 1. The Morgan fingerprint density at radius 3 is 2.43 bits per heavy atom. The van der Waals surface area contributed by atoms with E-state index in [-0.39, 0.29) is 29.8 Å². The van der Waals surface area contributed by atoms with Gasteiger partial charge in [0.15, 0.2) is 0 Å². The maximum Gasteiger partial charge on any atom is 0.244 e. The van der Waals surface area contributed by atoms with E-state index in [1.165, 1.54) is 19.3 Å². The molecule has 1 aliphatic heterocycles. The fourth-order valence-electron chi connectivity index (χ4n) is 7.10. The van der Waals surface area contributed by atoms with E-state index < -0.39 is 0 Å². The van der Waals surface area contributed by atoms with Gasteiger partial charge in [-0.05, 0) is 85.9 Å². The molecule has 4 aliphatic carbocycles. The normalized spacial score (nSPS) is 34.4. The highest BCUT2D eigenvalue weighted by Gasteiger charge is 2.56. The van der Waals surface area contributed by atoms with Gasteiger partial charge < -0.3 is 10.2 Å². The lowest BCUT2D eigenvalue weighted by atomic mass is 9.49. The molecule has 1 aromatic carbocycles. The molecule has 4 bridgehead atoms. The summed E-state index contributed by atoms with van der Waals surface area (Å²) in [6, 6.07) is 9.85. The number of benzene rings is 1. The van der Waals surface area contributed by atoms with Crippen molar-refractivity contribution in [2.24, 2.45) is 23.2 Å². The van der Waals surface area contributed by atoms with Crippen molar-refractivity contribution in [1.82, 2.24) is 4.90 Å². The smallest absolute Gasteiger partial charge is 0.244 e. The number of nitrogens with one attached hydrogen (secondary N) is 1. The van der Waals surface area contributed by atoms with Crippen molar-refractivity contribution in [2.45, 2.75) is 44.6 Å². The zero-order valence-electron chi connectivity index (χ0n) is 16.8. The van der Waals surface area contributed by atoms with Gasteiger partial charge in [-0.2, -0.15) is 0 Å². The van der Waals surface area contributed by atoms with Crippen LogP contribution >= 0.6 is 27.3 Å². The highest BCUT2D eigenvalue weighted by atomic mass is 79.9. The molecule has 0 saturated heterocycles. The second kappa shape index (κ2) is 6.92. The fourth-order valence-corrected chi connectivity index (χ4v) is 8.33. The fraction of sp³-hybridized carbons (Fsp3) is 0.500. The summed E-state index contributed by atoms with van der Waals surface area (Å²) in [5, 5.41) is 5.11. The van der Waals surface area contributed by atoms with Crippen molar-refractivity contribution >= 4 is 44.8 Å². The van der Waals surface area contributed by atoms with Gasteiger partial charge in [0.05, 0.1) is 11.5 Å². The summed E-state index contributed by atoms with van der Waals surface area (Å²) >= 11 is 5.26. The maximum atomic E-state index is 14.3. The number of hydrogen-bond donors (Lipinski definition) is 1. The molecule has 2 heterocycles. The lowest BCUT2D eigenvalue weighted by Gasteiger charge is -2.57. The molecule has 7 rings (SSSR count). The number of hydrogen-bond acceptors (Lipinski definition) is 3. The SMILES string of the molecule is O=C1CN(C(=O)C23CC4CC(CC(C4)C2)C3)C(c2cccs2)c2cc(Br)ccc2N1. The first-order valence-corrected chi connectivity index (χ1v) is 12.6. The minimum atomic E-state index is -0.263. The van der Waals surface area contributed by atoms with E-state index in [9.17, 15) is 9.59 Å². The van der Waals surface area contributed by atoms with Crippen LogP contribution in [0.4, 0.5) is 5.69 Å². The third-order valence-corrected chi connectivity index (χ3v) is 9.19. The number of carbonyl (C=O) groups is 2. The Hall–Kier alpha value is -1.66. The average molecular weight is 485 g/mol. The molecule has 0 spiro atoms. The van der Waals surface area contributed by atoms with Crippen molar-refractivity contribution in [3.8, 4) is 0 Å². The summed E-state index contributed by atoms with van der Waals surface area (Å²) in [4.78, 5) is 30.2. The third kappa shape index (κ3) is 2.98. The summed E-state index contributed by atoms with van der Waals surface area (Å²) in [6.07, 6.45) is 6.95. The third-order valence-electron chi connectivity index (χ3n) is 7.77. The molecule has 4 nitrogen and oxygen atoms in total. The molecular weight excluding hydrogens is 460 g/mol. The van der Waals surface area contributed by atoms with E-state index in [0.717, 1.165) is 39.9 Å². The first-order chi connectivity index (χ1) is 14.5. The van der Waals surface area contributed by atoms with Crippen LogP contribution in [-0.2, 0) is 9.59 Å². The van der Waals surface area contributed by atoms with E-state index in [1.54, 1.807) is 11.3 Å². The van der Waals surface area contributed by atoms with Gasteiger partial charge in [-0.25, -0.2) is 0 Å². The Kier molecular flexibility index (Phi) is 4.40. The van der Waals surface area contributed by atoms with Crippen molar-refractivity contribution in [1.29, 1.82) is 0 Å². The van der Waals surface area contributed by atoms with Crippen LogP contribution < -0.4 is 5.32 Å². The predicted molar refractivity (Wildman–Crippen MR) is 121 cm³/mol. The van der Waals surface area contributed by atoms with Gasteiger partial charge in [-0.15, -0.1) is 11.3 Å². The Balaban J connectivity index is 1.46. The summed E-state index contributed by atoms with van der Waals surface area (Å²) in [5.41, 5.74) is 1.54. The Morgan fingerprint density at radius 2 is 1.80 bits per heavy atom. The van der Waals surface area contributed by atoms with Crippen molar-refractivity contribution in [3.05, 3.63) is 50.6 Å². The number of amides is 2. The molecule has 2 aromatic rings. The summed E-state index contributed by atoms with van der Waals surface area (Å²) in [6.45, 7) is 0.120. The molecule has 1 atom stereocenters. The molecule has 156 valence electrons. The zero-order valence-corrected chi connectivity index (χ0v) is 19.2. The summed E-state index contributed by atoms with van der Waals surface area (Å²) in [7, 11) is 0. The molecule has 1 aromatic heterocycles. The van der Waals surface area contributed by atoms with Crippen LogP contribution in [0.2, 0.25) is 0 Å². The van der Waals surface area contributed by atoms with Crippen LogP contribution in [-0.4, -0.2) is 23.3 Å². The number of nitrogens with zero attached hydrogens (tertiary/aromatic N) is 1. The first-order valence-electron chi connectivity index (χ1n) is 10.9. The molecule has 5 aliphatic rings. The van der Waals surface area contributed by atoms with Gasteiger partial charge >= 0.3 is 0 Å². The minimum Gasteiger partial charge on any atom is -0.324 e. The molecule has 6 heteroatoms. The van der Waals surface area contributed by atoms with E-state index >= 15 is 0 Å². The monoisotopic (exact) mass is 484 g/mol. The number of rotatable bonds is 2. The van der Waals surface area contributed by atoms with Gasteiger partial charge in [-0.3, -0.25) is 9.59 Å². The molecule has 1 N–H and O–H groups in total.